The maximum atomic E-state index is 12.7. The molecule has 0 spiro atoms. The lowest BCUT2D eigenvalue weighted by Crippen LogP contribution is -2.29. The molecule has 0 aromatic heterocycles. The number of rotatable bonds is 7. The van der Waals surface area contributed by atoms with E-state index in [0.29, 0.717) is 24.0 Å². The molecule has 0 aliphatic rings. The Hall–Kier alpha value is -2.20. The molecule has 0 saturated heterocycles. The van der Waals surface area contributed by atoms with Gasteiger partial charge < -0.3 is 5.11 Å². The summed E-state index contributed by atoms with van der Waals surface area (Å²) in [7, 11) is -3.73. The van der Waals surface area contributed by atoms with Gasteiger partial charge in [-0.25, -0.2) is 13.1 Å². The van der Waals surface area contributed by atoms with Crippen molar-refractivity contribution in [1.29, 1.82) is 5.26 Å². The summed E-state index contributed by atoms with van der Waals surface area (Å²) in [4.78, 5) is 0.159. The van der Waals surface area contributed by atoms with E-state index < -0.39 is 16.1 Å². The number of sulfonamides is 1. The highest BCUT2D eigenvalue weighted by molar-refractivity contribution is 7.89. The molecule has 24 heavy (non-hydrogen) atoms. The van der Waals surface area contributed by atoms with Crippen molar-refractivity contribution in [1.82, 2.24) is 4.72 Å². The third-order valence-corrected chi connectivity index (χ3v) is 5.38. The largest absolute Gasteiger partial charge is 0.396 e. The highest BCUT2D eigenvalue weighted by Gasteiger charge is 2.22. The zero-order valence-electron chi connectivity index (χ0n) is 13.4. The lowest BCUT2D eigenvalue weighted by atomic mass is 10.0. The third-order valence-electron chi connectivity index (χ3n) is 3.74. The van der Waals surface area contributed by atoms with Crippen molar-refractivity contribution in [3.63, 3.8) is 0 Å². The van der Waals surface area contributed by atoms with Gasteiger partial charge in [0, 0.05) is 12.6 Å². The van der Waals surface area contributed by atoms with E-state index >= 15 is 0 Å². The number of aliphatic hydroxyl groups is 1. The fraction of sp³-hybridized carbons (Fsp3) is 0.278. The molecule has 0 bridgehead atoms. The third kappa shape index (κ3) is 4.42. The zero-order valence-corrected chi connectivity index (χ0v) is 14.3. The van der Waals surface area contributed by atoms with E-state index in [1.54, 1.807) is 13.0 Å². The second kappa shape index (κ2) is 8.06. The fourth-order valence-electron chi connectivity index (χ4n) is 2.55. The van der Waals surface area contributed by atoms with Crippen LogP contribution in [-0.2, 0) is 10.0 Å². The van der Waals surface area contributed by atoms with Crippen molar-refractivity contribution < 1.29 is 13.5 Å². The SMILES string of the molecule is Cc1cc(C#N)ccc1S(=O)(=O)N[C@H](CCCO)c1ccccc1. The van der Waals surface area contributed by atoms with Crippen LogP contribution in [0, 0.1) is 18.3 Å². The highest BCUT2D eigenvalue weighted by Crippen LogP contribution is 2.23. The Balaban J connectivity index is 2.32. The predicted octanol–water partition coefficient (Wildman–Crippen LogP) is 2.66. The van der Waals surface area contributed by atoms with Crippen LogP contribution < -0.4 is 4.72 Å². The van der Waals surface area contributed by atoms with Gasteiger partial charge in [0.2, 0.25) is 10.0 Å². The molecule has 0 radical (unpaired) electrons. The summed E-state index contributed by atoms with van der Waals surface area (Å²) in [6.45, 7) is 1.67. The molecule has 6 heteroatoms. The van der Waals surface area contributed by atoms with Crippen molar-refractivity contribution >= 4 is 10.0 Å². The number of nitriles is 1. The maximum absolute atomic E-state index is 12.7. The van der Waals surface area contributed by atoms with Gasteiger partial charge >= 0.3 is 0 Å². The first kappa shape index (κ1) is 18.1. The Bertz CT molecular complexity index is 827. The van der Waals surface area contributed by atoms with Crippen LogP contribution in [-0.4, -0.2) is 20.1 Å². The number of nitrogens with zero attached hydrogens (tertiary/aromatic N) is 1. The summed E-state index contributed by atoms with van der Waals surface area (Å²) in [5, 5.41) is 18.0. The molecule has 2 aromatic rings. The van der Waals surface area contributed by atoms with Gasteiger partial charge in [0.1, 0.15) is 0 Å². The van der Waals surface area contributed by atoms with E-state index in [1.165, 1.54) is 12.1 Å². The molecule has 0 amide bonds. The molecule has 0 aliphatic heterocycles. The first-order valence-electron chi connectivity index (χ1n) is 7.67. The van der Waals surface area contributed by atoms with E-state index in [9.17, 15) is 8.42 Å². The Morgan fingerprint density at radius 2 is 1.92 bits per heavy atom. The quantitative estimate of drug-likeness (QED) is 0.808. The van der Waals surface area contributed by atoms with Crippen molar-refractivity contribution in [2.75, 3.05) is 6.61 Å². The smallest absolute Gasteiger partial charge is 0.241 e. The molecule has 0 fully saturated rings. The van der Waals surface area contributed by atoms with Gasteiger partial charge in [0.15, 0.2) is 0 Å². The summed E-state index contributed by atoms with van der Waals surface area (Å²) in [6.07, 6.45) is 0.990. The minimum Gasteiger partial charge on any atom is -0.396 e. The number of hydrogen-bond donors (Lipinski definition) is 2. The molecule has 1 atom stereocenters. The minimum absolute atomic E-state index is 0.000948. The summed E-state index contributed by atoms with van der Waals surface area (Å²) < 4.78 is 28.2. The van der Waals surface area contributed by atoms with Crippen LogP contribution in [0.4, 0.5) is 0 Å². The fourth-order valence-corrected chi connectivity index (χ4v) is 4.03. The second-order valence-electron chi connectivity index (χ2n) is 5.54. The van der Waals surface area contributed by atoms with E-state index in [4.69, 9.17) is 10.4 Å². The lowest BCUT2D eigenvalue weighted by Gasteiger charge is -2.20. The van der Waals surface area contributed by atoms with Crippen LogP contribution in [0.5, 0.6) is 0 Å². The van der Waals surface area contributed by atoms with Gasteiger partial charge in [-0.15, -0.1) is 0 Å². The van der Waals surface area contributed by atoms with Gasteiger partial charge in [0.05, 0.1) is 16.5 Å². The van der Waals surface area contributed by atoms with Crippen LogP contribution in [0.1, 0.15) is 35.6 Å². The zero-order chi connectivity index (χ0) is 17.6. The van der Waals surface area contributed by atoms with E-state index in [-0.39, 0.29) is 11.5 Å². The molecule has 0 unspecified atom stereocenters. The predicted molar refractivity (Wildman–Crippen MR) is 91.7 cm³/mol. The molecule has 0 heterocycles. The second-order valence-corrected chi connectivity index (χ2v) is 7.22. The van der Waals surface area contributed by atoms with Crippen LogP contribution in [0.25, 0.3) is 0 Å². The molecule has 126 valence electrons. The maximum Gasteiger partial charge on any atom is 0.241 e. The molecular formula is C18H20N2O3S. The topological polar surface area (TPSA) is 90.2 Å². The first-order chi connectivity index (χ1) is 11.5. The van der Waals surface area contributed by atoms with Crippen LogP contribution in [0.3, 0.4) is 0 Å². The summed E-state index contributed by atoms with van der Waals surface area (Å²) in [6, 6.07) is 15.4. The first-order valence-corrected chi connectivity index (χ1v) is 9.15. The van der Waals surface area contributed by atoms with Gasteiger partial charge in [-0.1, -0.05) is 30.3 Å². The average Bonchev–Trinajstić information content (AvgIpc) is 2.58. The van der Waals surface area contributed by atoms with Crippen molar-refractivity contribution in [3.8, 4) is 6.07 Å². The molecule has 0 aliphatic carbocycles. The Labute approximate surface area is 142 Å². The average molecular weight is 344 g/mol. The van der Waals surface area contributed by atoms with Crippen molar-refractivity contribution in [2.45, 2.75) is 30.7 Å². The van der Waals surface area contributed by atoms with Crippen LogP contribution in [0.15, 0.2) is 53.4 Å². The van der Waals surface area contributed by atoms with Crippen molar-refractivity contribution in [3.05, 3.63) is 65.2 Å². The molecule has 0 saturated carbocycles. The number of hydrogen-bond acceptors (Lipinski definition) is 4. The van der Waals surface area contributed by atoms with E-state index in [2.05, 4.69) is 4.72 Å². The van der Waals surface area contributed by atoms with E-state index in [0.717, 1.165) is 5.56 Å². The summed E-state index contributed by atoms with van der Waals surface area (Å²) in [5.74, 6) is 0. The Morgan fingerprint density at radius 1 is 1.21 bits per heavy atom. The van der Waals surface area contributed by atoms with Gasteiger partial charge in [-0.2, -0.15) is 5.26 Å². The van der Waals surface area contributed by atoms with Gasteiger partial charge in [-0.05, 0) is 49.1 Å². The minimum atomic E-state index is -3.73. The van der Waals surface area contributed by atoms with Crippen LogP contribution in [0.2, 0.25) is 0 Å². The number of aliphatic hydroxyl groups excluding tert-OH is 1. The molecular weight excluding hydrogens is 324 g/mol. The monoisotopic (exact) mass is 344 g/mol. The molecule has 2 aromatic carbocycles. The Morgan fingerprint density at radius 3 is 2.50 bits per heavy atom. The number of nitrogens with one attached hydrogen (secondary N) is 1. The van der Waals surface area contributed by atoms with Crippen LogP contribution >= 0.6 is 0 Å². The highest BCUT2D eigenvalue weighted by atomic mass is 32.2. The van der Waals surface area contributed by atoms with E-state index in [1.807, 2.05) is 36.4 Å². The molecule has 2 rings (SSSR count). The summed E-state index contributed by atoms with van der Waals surface area (Å²) in [5.41, 5.74) is 1.79. The number of benzene rings is 2. The van der Waals surface area contributed by atoms with Crippen molar-refractivity contribution in [2.24, 2.45) is 0 Å². The lowest BCUT2D eigenvalue weighted by molar-refractivity contribution is 0.278. The Kier molecular flexibility index (Phi) is 6.10. The molecule has 5 nitrogen and oxygen atoms in total. The standard InChI is InChI=1S/C18H20N2O3S/c1-14-12-15(13-19)9-10-18(14)24(22,23)20-17(8-5-11-21)16-6-3-2-4-7-16/h2-4,6-7,9-10,12,17,20-21H,5,8,11H2,1H3/t17-/m1/s1. The van der Waals surface area contributed by atoms with Gasteiger partial charge in [-0.3, -0.25) is 0 Å². The normalized spacial score (nSPS) is 12.5. The number of aryl methyl sites for hydroxylation is 1. The van der Waals surface area contributed by atoms with Gasteiger partial charge in [0.25, 0.3) is 0 Å². The molecule has 2 N–H and O–H groups in total. The summed E-state index contributed by atoms with van der Waals surface area (Å²) >= 11 is 0.